The van der Waals surface area contributed by atoms with Crippen LogP contribution in [-0.4, -0.2) is 0 Å². The average molecular weight is 270 g/mol. The van der Waals surface area contributed by atoms with E-state index in [-0.39, 0.29) is 10.8 Å². The summed E-state index contributed by atoms with van der Waals surface area (Å²) in [5.41, 5.74) is 13.0. The molecule has 0 unspecified atom stereocenters. The minimum atomic E-state index is -0.481. The first-order valence-electron chi connectivity index (χ1n) is 5.93. The summed E-state index contributed by atoms with van der Waals surface area (Å²) in [4.78, 5) is 12.0. The van der Waals surface area contributed by atoms with Crippen molar-refractivity contribution >= 4 is 22.3 Å². The molecule has 1 heterocycles. The first-order valence-corrected chi connectivity index (χ1v) is 5.93. The smallest absolute Gasteiger partial charge is 0.193 e. The molecule has 0 fully saturated rings. The van der Waals surface area contributed by atoms with Gasteiger partial charge in [-0.1, -0.05) is 0 Å². The zero-order valence-corrected chi connectivity index (χ0v) is 10.4. The van der Waals surface area contributed by atoms with Crippen molar-refractivity contribution in [1.29, 1.82) is 0 Å². The molecule has 20 heavy (non-hydrogen) atoms. The van der Waals surface area contributed by atoms with Crippen LogP contribution in [0.25, 0.3) is 22.3 Å². The normalized spacial score (nSPS) is 10.8. The molecule has 0 radical (unpaired) electrons. The van der Waals surface area contributed by atoms with Gasteiger partial charge in [0.05, 0.1) is 5.39 Å². The van der Waals surface area contributed by atoms with Crippen molar-refractivity contribution in [2.24, 2.45) is 0 Å². The van der Waals surface area contributed by atoms with Gasteiger partial charge in [0.15, 0.2) is 5.43 Å². The number of halogens is 1. The Hall–Kier alpha value is -2.82. The molecule has 0 aliphatic carbocycles. The van der Waals surface area contributed by atoms with E-state index < -0.39 is 5.82 Å². The number of hydrogen-bond donors (Lipinski definition) is 2. The molecule has 0 amide bonds. The summed E-state index contributed by atoms with van der Waals surface area (Å²) in [7, 11) is 0. The van der Waals surface area contributed by atoms with Crippen LogP contribution in [0.4, 0.5) is 15.8 Å². The molecule has 0 saturated heterocycles. The third kappa shape index (κ3) is 2.09. The van der Waals surface area contributed by atoms with E-state index in [1.807, 2.05) is 0 Å². The Morgan fingerprint density at radius 3 is 2.35 bits per heavy atom. The molecule has 4 N–H and O–H groups in total. The lowest BCUT2D eigenvalue weighted by Gasteiger charge is -2.05. The Morgan fingerprint density at radius 1 is 0.950 bits per heavy atom. The van der Waals surface area contributed by atoms with Gasteiger partial charge >= 0.3 is 0 Å². The Kier molecular flexibility index (Phi) is 2.68. The van der Waals surface area contributed by atoms with Gasteiger partial charge in [-0.3, -0.25) is 4.79 Å². The van der Waals surface area contributed by atoms with Crippen LogP contribution in [0.2, 0.25) is 0 Å². The van der Waals surface area contributed by atoms with Crippen LogP contribution in [0, 0.1) is 5.82 Å². The first kappa shape index (κ1) is 12.2. The molecule has 1 aromatic heterocycles. The molecule has 0 aliphatic rings. The molecule has 0 spiro atoms. The van der Waals surface area contributed by atoms with E-state index in [1.54, 1.807) is 18.2 Å². The second kappa shape index (κ2) is 4.38. The highest BCUT2D eigenvalue weighted by atomic mass is 19.1. The molecule has 0 saturated carbocycles. The molecule has 0 aliphatic heterocycles. The van der Waals surface area contributed by atoms with Crippen LogP contribution >= 0.6 is 0 Å². The lowest BCUT2D eigenvalue weighted by Crippen LogP contribution is -2.01. The largest absolute Gasteiger partial charge is 0.456 e. The molecule has 0 atom stereocenters. The molecule has 2 aromatic carbocycles. The molecule has 100 valence electrons. The number of hydrogen-bond acceptors (Lipinski definition) is 4. The quantitative estimate of drug-likeness (QED) is 0.666. The van der Waals surface area contributed by atoms with Gasteiger partial charge in [-0.15, -0.1) is 0 Å². The van der Waals surface area contributed by atoms with Gasteiger partial charge < -0.3 is 15.9 Å². The molecule has 4 nitrogen and oxygen atoms in total. The molecular weight excluding hydrogens is 259 g/mol. The van der Waals surface area contributed by atoms with Gasteiger partial charge in [-0.05, 0) is 36.4 Å². The van der Waals surface area contributed by atoms with E-state index in [1.165, 1.54) is 18.2 Å². The van der Waals surface area contributed by atoms with E-state index in [4.69, 9.17) is 15.9 Å². The Balaban J connectivity index is 2.27. The van der Waals surface area contributed by atoms with Crippen molar-refractivity contribution < 1.29 is 8.81 Å². The second-order valence-corrected chi connectivity index (χ2v) is 4.50. The van der Waals surface area contributed by atoms with E-state index in [2.05, 4.69) is 0 Å². The van der Waals surface area contributed by atoms with Crippen LogP contribution < -0.4 is 16.9 Å². The van der Waals surface area contributed by atoms with Crippen molar-refractivity contribution in [3.63, 3.8) is 0 Å². The number of anilines is 2. The van der Waals surface area contributed by atoms with Crippen LogP contribution in [-0.2, 0) is 0 Å². The SMILES string of the molecule is Nc1cc(N)cc(-c2cc(=O)c3cc(F)ccc3o2)c1. The Morgan fingerprint density at radius 2 is 1.65 bits per heavy atom. The fourth-order valence-electron chi connectivity index (χ4n) is 2.09. The van der Waals surface area contributed by atoms with Crippen molar-refractivity contribution in [2.45, 2.75) is 0 Å². The highest BCUT2D eigenvalue weighted by Crippen LogP contribution is 2.26. The molecule has 3 rings (SSSR count). The van der Waals surface area contributed by atoms with E-state index in [0.717, 1.165) is 6.07 Å². The summed E-state index contributed by atoms with van der Waals surface area (Å²) in [6.07, 6.45) is 0. The lowest BCUT2D eigenvalue weighted by molar-refractivity contribution is 0.608. The summed E-state index contributed by atoms with van der Waals surface area (Å²) in [5.74, 6) is -0.140. The monoisotopic (exact) mass is 270 g/mol. The molecule has 5 heteroatoms. The van der Waals surface area contributed by atoms with Crippen molar-refractivity contribution in [3.05, 3.63) is 58.5 Å². The minimum Gasteiger partial charge on any atom is -0.456 e. The number of nitrogens with two attached hydrogens (primary N) is 2. The van der Waals surface area contributed by atoms with Gasteiger partial charge in [0.25, 0.3) is 0 Å². The summed E-state index contributed by atoms with van der Waals surface area (Å²) in [6.45, 7) is 0. The Labute approximate surface area is 113 Å². The van der Waals surface area contributed by atoms with Crippen molar-refractivity contribution in [2.75, 3.05) is 11.5 Å². The summed E-state index contributed by atoms with van der Waals surface area (Å²) in [6, 6.07) is 10.0. The zero-order valence-electron chi connectivity index (χ0n) is 10.4. The highest BCUT2D eigenvalue weighted by molar-refractivity contribution is 5.79. The summed E-state index contributed by atoms with van der Waals surface area (Å²) >= 11 is 0. The van der Waals surface area contributed by atoms with Crippen LogP contribution in [0.5, 0.6) is 0 Å². The lowest BCUT2D eigenvalue weighted by atomic mass is 10.1. The van der Waals surface area contributed by atoms with Gasteiger partial charge in [0, 0.05) is 23.0 Å². The number of rotatable bonds is 1. The van der Waals surface area contributed by atoms with Gasteiger partial charge in [-0.2, -0.15) is 0 Å². The van der Waals surface area contributed by atoms with Crippen LogP contribution in [0.3, 0.4) is 0 Å². The summed E-state index contributed by atoms with van der Waals surface area (Å²) in [5, 5.41) is 0.200. The second-order valence-electron chi connectivity index (χ2n) is 4.50. The van der Waals surface area contributed by atoms with Gasteiger partial charge in [-0.25, -0.2) is 4.39 Å². The predicted molar refractivity (Wildman–Crippen MR) is 76.7 cm³/mol. The van der Waals surface area contributed by atoms with Crippen LogP contribution in [0.15, 0.2) is 51.7 Å². The topological polar surface area (TPSA) is 82.2 Å². The van der Waals surface area contributed by atoms with Crippen molar-refractivity contribution in [1.82, 2.24) is 0 Å². The van der Waals surface area contributed by atoms with Crippen molar-refractivity contribution in [3.8, 4) is 11.3 Å². The minimum absolute atomic E-state index is 0.200. The fraction of sp³-hybridized carbons (Fsp3) is 0. The first-order chi connectivity index (χ1) is 9.52. The fourth-order valence-corrected chi connectivity index (χ4v) is 2.09. The van der Waals surface area contributed by atoms with E-state index in [0.29, 0.717) is 28.3 Å². The number of fused-ring (bicyclic) bond motifs is 1. The maximum absolute atomic E-state index is 13.1. The Bertz CT molecular complexity index is 851. The standard InChI is InChI=1S/C15H11FN2O2/c16-9-1-2-14-12(5-9)13(19)7-15(20-14)8-3-10(17)6-11(18)4-8/h1-7H,17-18H2. The summed E-state index contributed by atoms with van der Waals surface area (Å²) < 4.78 is 18.7. The highest BCUT2D eigenvalue weighted by Gasteiger charge is 2.09. The van der Waals surface area contributed by atoms with E-state index in [9.17, 15) is 9.18 Å². The van der Waals surface area contributed by atoms with E-state index >= 15 is 0 Å². The third-order valence-electron chi connectivity index (χ3n) is 2.95. The maximum Gasteiger partial charge on any atom is 0.193 e. The number of nitrogen functional groups attached to an aromatic ring is 2. The van der Waals surface area contributed by atoms with Gasteiger partial charge in [0.1, 0.15) is 17.2 Å². The zero-order chi connectivity index (χ0) is 14.3. The predicted octanol–water partition coefficient (Wildman–Crippen LogP) is 2.76. The molecule has 3 aromatic rings. The van der Waals surface area contributed by atoms with Crippen LogP contribution in [0.1, 0.15) is 0 Å². The third-order valence-corrected chi connectivity index (χ3v) is 2.95. The van der Waals surface area contributed by atoms with Gasteiger partial charge in [0.2, 0.25) is 0 Å². The molecular formula is C15H11FN2O2. The average Bonchev–Trinajstić information content (AvgIpc) is 2.38. The number of benzene rings is 2. The molecule has 0 bridgehead atoms. The maximum atomic E-state index is 13.1.